The zero-order chi connectivity index (χ0) is 27.0. The van der Waals surface area contributed by atoms with Crippen LogP contribution < -0.4 is 0 Å². The molecule has 2 aliphatic heterocycles. The van der Waals surface area contributed by atoms with E-state index in [2.05, 4.69) is 9.88 Å². The van der Waals surface area contributed by atoms with Gasteiger partial charge in [0.15, 0.2) is 5.76 Å². The fourth-order valence-corrected chi connectivity index (χ4v) is 5.20. The molecule has 1 aromatic carbocycles. The Morgan fingerprint density at radius 2 is 1.84 bits per heavy atom. The normalized spacial score (nSPS) is 19.9. The van der Waals surface area contributed by atoms with Crippen LogP contribution in [0.15, 0.2) is 48.2 Å². The van der Waals surface area contributed by atoms with E-state index in [0.717, 1.165) is 25.2 Å². The van der Waals surface area contributed by atoms with Gasteiger partial charge in [-0.25, -0.2) is 4.98 Å². The van der Waals surface area contributed by atoms with Crippen LogP contribution in [0.2, 0.25) is 0 Å². The summed E-state index contributed by atoms with van der Waals surface area (Å²) in [5, 5.41) is 22.7. The summed E-state index contributed by atoms with van der Waals surface area (Å²) < 4.78 is 7.22. The number of hydrogen-bond acceptors (Lipinski definition) is 8. The zero-order valence-electron chi connectivity index (χ0n) is 21.3. The molecule has 0 aliphatic carbocycles. The number of imidazole rings is 1. The van der Waals surface area contributed by atoms with Crippen molar-refractivity contribution in [1.82, 2.24) is 19.2 Å². The van der Waals surface area contributed by atoms with Crippen molar-refractivity contribution in [2.75, 3.05) is 39.4 Å². The molecule has 11 nitrogen and oxygen atoms in total. The molecule has 1 amide bonds. The summed E-state index contributed by atoms with van der Waals surface area (Å²) in [4.78, 5) is 45.6. The first-order valence-corrected chi connectivity index (χ1v) is 12.6. The van der Waals surface area contributed by atoms with Crippen LogP contribution in [0.1, 0.15) is 35.0 Å². The number of nitro benzene ring substituents is 1. The van der Waals surface area contributed by atoms with E-state index < -0.39 is 22.7 Å². The third-order valence-electron chi connectivity index (χ3n) is 7.24. The number of pyridine rings is 1. The molecule has 198 valence electrons. The third-order valence-corrected chi connectivity index (χ3v) is 7.24. The van der Waals surface area contributed by atoms with Gasteiger partial charge in [-0.1, -0.05) is 6.07 Å². The van der Waals surface area contributed by atoms with E-state index in [0.29, 0.717) is 36.5 Å². The molecule has 0 radical (unpaired) electrons. The molecule has 2 aliphatic rings. The lowest BCUT2D eigenvalue weighted by Crippen LogP contribution is -2.38. The second-order valence-electron chi connectivity index (χ2n) is 9.58. The molecule has 3 aromatic rings. The number of nitrogens with zero attached hydrogens (tertiary/aromatic N) is 5. The van der Waals surface area contributed by atoms with Gasteiger partial charge in [0.2, 0.25) is 0 Å². The number of aliphatic hydroxyl groups is 1. The summed E-state index contributed by atoms with van der Waals surface area (Å²) in [6.07, 6.45) is 2.43. The minimum Gasteiger partial charge on any atom is -0.505 e. The number of Topliss-reactive ketones (excluding diaryl/α,β-unsaturated/α-hetero) is 1. The maximum absolute atomic E-state index is 13.4. The van der Waals surface area contributed by atoms with Crippen molar-refractivity contribution < 1.29 is 24.4 Å². The van der Waals surface area contributed by atoms with E-state index in [1.54, 1.807) is 6.92 Å². The third kappa shape index (κ3) is 4.54. The highest BCUT2D eigenvalue weighted by molar-refractivity contribution is 6.46. The van der Waals surface area contributed by atoms with Crippen molar-refractivity contribution >= 4 is 28.8 Å². The van der Waals surface area contributed by atoms with Gasteiger partial charge in [-0.05, 0) is 49.6 Å². The highest BCUT2D eigenvalue weighted by Crippen LogP contribution is 2.40. The molecule has 38 heavy (non-hydrogen) atoms. The van der Waals surface area contributed by atoms with E-state index in [1.165, 1.54) is 29.2 Å². The fourth-order valence-electron chi connectivity index (χ4n) is 5.20. The Bertz CT molecular complexity index is 1440. The van der Waals surface area contributed by atoms with Crippen LogP contribution in [0.25, 0.3) is 11.4 Å². The van der Waals surface area contributed by atoms with E-state index in [-0.39, 0.29) is 29.3 Å². The molecule has 4 heterocycles. The van der Waals surface area contributed by atoms with Crippen LogP contribution in [0.5, 0.6) is 0 Å². The molecule has 2 saturated heterocycles. The maximum atomic E-state index is 13.4. The Hall–Kier alpha value is -4.09. The molecule has 0 saturated carbocycles. The number of amides is 1. The number of morpholine rings is 1. The van der Waals surface area contributed by atoms with Crippen LogP contribution in [0, 0.1) is 24.0 Å². The van der Waals surface area contributed by atoms with Gasteiger partial charge in [0, 0.05) is 44.5 Å². The number of aryl methyl sites for hydroxylation is 2. The van der Waals surface area contributed by atoms with Gasteiger partial charge < -0.3 is 19.1 Å². The number of carbonyl (C=O) groups excluding carboxylic acids is 2. The molecule has 1 unspecified atom stereocenters. The number of likely N-dealkylation sites (tertiary alicyclic amines) is 1. The first-order valence-electron chi connectivity index (χ1n) is 12.6. The largest absolute Gasteiger partial charge is 0.505 e. The van der Waals surface area contributed by atoms with Crippen LogP contribution in [0.4, 0.5) is 5.69 Å². The average molecular weight is 520 g/mol. The van der Waals surface area contributed by atoms with Crippen LogP contribution in [-0.2, 0) is 14.3 Å². The molecular formula is C27H29N5O6. The number of rotatable bonds is 7. The van der Waals surface area contributed by atoms with Crippen molar-refractivity contribution in [3.63, 3.8) is 0 Å². The van der Waals surface area contributed by atoms with Crippen molar-refractivity contribution in [3.05, 3.63) is 80.8 Å². The highest BCUT2D eigenvalue weighted by Gasteiger charge is 2.46. The molecule has 0 bridgehead atoms. The molecule has 11 heteroatoms. The molecule has 2 aromatic heterocycles. The summed E-state index contributed by atoms with van der Waals surface area (Å²) in [7, 11) is 0. The topological polar surface area (TPSA) is 131 Å². The maximum Gasteiger partial charge on any atom is 0.295 e. The Balaban J connectivity index is 1.56. The SMILES string of the molecule is Cc1cccn2c(C)c(/C(O)=C3\C(=O)C(=O)N(CCCN4CCOCC4)C3c3ccc([N+](=O)[O-])cc3)nc12. The van der Waals surface area contributed by atoms with Gasteiger partial charge in [-0.2, -0.15) is 0 Å². The quantitative estimate of drug-likeness (QED) is 0.166. The summed E-state index contributed by atoms with van der Waals surface area (Å²) >= 11 is 0. The Morgan fingerprint density at radius 3 is 2.50 bits per heavy atom. The van der Waals surface area contributed by atoms with Crippen LogP contribution in [-0.4, -0.2) is 80.3 Å². The van der Waals surface area contributed by atoms with Crippen molar-refractivity contribution in [1.29, 1.82) is 0 Å². The number of aliphatic hydroxyl groups excluding tert-OH is 1. The second-order valence-corrected chi connectivity index (χ2v) is 9.58. The number of hydrogen-bond donors (Lipinski definition) is 1. The Kier molecular flexibility index (Phi) is 6.96. The summed E-state index contributed by atoms with van der Waals surface area (Å²) in [6.45, 7) is 7.61. The smallest absolute Gasteiger partial charge is 0.295 e. The Labute approximate surface area is 219 Å². The first-order chi connectivity index (χ1) is 18.3. The predicted octanol–water partition coefficient (Wildman–Crippen LogP) is 3.00. The molecule has 2 fully saturated rings. The number of aromatic nitrogens is 2. The summed E-state index contributed by atoms with van der Waals surface area (Å²) in [5.41, 5.74) is 2.70. The van der Waals surface area contributed by atoms with Crippen LogP contribution >= 0.6 is 0 Å². The molecule has 0 spiro atoms. The minimum absolute atomic E-state index is 0.0700. The average Bonchev–Trinajstić information content (AvgIpc) is 3.39. The van der Waals surface area contributed by atoms with E-state index >= 15 is 0 Å². The predicted molar refractivity (Wildman–Crippen MR) is 139 cm³/mol. The van der Waals surface area contributed by atoms with Gasteiger partial charge in [0.25, 0.3) is 17.4 Å². The van der Waals surface area contributed by atoms with Gasteiger partial charge >= 0.3 is 0 Å². The van der Waals surface area contributed by atoms with E-state index in [1.807, 2.05) is 29.7 Å². The van der Waals surface area contributed by atoms with Crippen molar-refractivity contribution in [2.45, 2.75) is 26.3 Å². The zero-order valence-corrected chi connectivity index (χ0v) is 21.3. The van der Waals surface area contributed by atoms with Gasteiger partial charge in [-0.3, -0.25) is 24.6 Å². The van der Waals surface area contributed by atoms with Crippen LogP contribution in [0.3, 0.4) is 0 Å². The summed E-state index contributed by atoms with van der Waals surface area (Å²) in [6, 6.07) is 8.59. The second kappa shape index (κ2) is 10.3. The monoisotopic (exact) mass is 519 g/mol. The van der Waals surface area contributed by atoms with Gasteiger partial charge in [0.05, 0.1) is 35.4 Å². The molecule has 1 N–H and O–H groups in total. The van der Waals surface area contributed by atoms with Crippen molar-refractivity contribution in [2.24, 2.45) is 0 Å². The standard InChI is InChI=1S/C27H29N5O6/c1-17-5-3-11-30-18(2)22(28-26(17)30)24(33)21-23(19-6-8-20(9-7-19)32(36)37)31(27(35)25(21)34)12-4-10-29-13-15-38-16-14-29/h3,5-9,11,23,33H,4,10,12-16H2,1-2H3/b24-21+. The minimum atomic E-state index is -0.897. The number of ether oxygens (including phenoxy) is 1. The molecule has 5 rings (SSSR count). The van der Waals surface area contributed by atoms with E-state index in [9.17, 15) is 24.8 Å². The number of ketones is 1. The van der Waals surface area contributed by atoms with E-state index in [4.69, 9.17) is 4.74 Å². The molecular weight excluding hydrogens is 490 g/mol. The number of non-ortho nitro benzene ring substituents is 1. The first kappa shape index (κ1) is 25.6. The van der Waals surface area contributed by atoms with Crippen molar-refractivity contribution in [3.8, 4) is 0 Å². The Morgan fingerprint density at radius 1 is 1.13 bits per heavy atom. The van der Waals surface area contributed by atoms with Gasteiger partial charge in [0.1, 0.15) is 11.3 Å². The number of benzene rings is 1. The number of carbonyl (C=O) groups is 2. The number of fused-ring (bicyclic) bond motifs is 1. The van der Waals surface area contributed by atoms with Gasteiger partial charge in [-0.15, -0.1) is 0 Å². The highest BCUT2D eigenvalue weighted by atomic mass is 16.6. The summed E-state index contributed by atoms with van der Waals surface area (Å²) in [5.74, 6) is -1.87. The molecule has 1 atom stereocenters. The number of nitro groups is 1. The lowest BCUT2D eigenvalue weighted by atomic mass is 9.96. The lowest BCUT2D eigenvalue weighted by molar-refractivity contribution is -0.384. The fraction of sp³-hybridized carbons (Fsp3) is 0.370. The lowest BCUT2D eigenvalue weighted by Gasteiger charge is -2.29.